The highest BCUT2D eigenvalue weighted by Gasteiger charge is 2.20. The summed E-state index contributed by atoms with van der Waals surface area (Å²) in [6.07, 6.45) is 0.893. The minimum atomic E-state index is -0.155. The Morgan fingerprint density at radius 1 is 1.53 bits per heavy atom. The van der Waals surface area contributed by atoms with Crippen LogP contribution in [0.5, 0.6) is 0 Å². The molecule has 1 aliphatic rings. The van der Waals surface area contributed by atoms with Crippen LogP contribution in [0.15, 0.2) is 18.2 Å². The van der Waals surface area contributed by atoms with E-state index in [0.29, 0.717) is 6.61 Å². The molecule has 0 spiro atoms. The average Bonchev–Trinajstić information content (AvgIpc) is 2.25. The highest BCUT2D eigenvalue weighted by Crippen LogP contribution is 2.26. The smallest absolute Gasteiger partial charge is 0.123 e. The zero-order chi connectivity index (χ0) is 10.7. The van der Waals surface area contributed by atoms with E-state index < -0.39 is 0 Å². The van der Waals surface area contributed by atoms with Crippen molar-refractivity contribution in [2.75, 3.05) is 19.7 Å². The highest BCUT2D eigenvalue weighted by atomic mass is 19.1. The quantitative estimate of drug-likeness (QED) is 0.822. The van der Waals surface area contributed by atoms with E-state index in [-0.39, 0.29) is 11.9 Å². The van der Waals surface area contributed by atoms with Crippen molar-refractivity contribution in [2.24, 2.45) is 0 Å². The Hall–Kier alpha value is -0.930. The summed E-state index contributed by atoms with van der Waals surface area (Å²) in [5, 5.41) is 3.25. The molecule has 0 saturated heterocycles. The van der Waals surface area contributed by atoms with Crippen molar-refractivity contribution >= 4 is 0 Å². The van der Waals surface area contributed by atoms with Crippen LogP contribution in [0.2, 0.25) is 0 Å². The van der Waals surface area contributed by atoms with Gasteiger partial charge in [0.05, 0.1) is 12.7 Å². The van der Waals surface area contributed by atoms with Crippen LogP contribution < -0.4 is 5.32 Å². The van der Waals surface area contributed by atoms with E-state index in [1.54, 1.807) is 6.07 Å². The summed E-state index contributed by atoms with van der Waals surface area (Å²) >= 11 is 0. The van der Waals surface area contributed by atoms with E-state index in [9.17, 15) is 4.39 Å². The second-order valence-corrected chi connectivity index (χ2v) is 3.76. The van der Waals surface area contributed by atoms with E-state index in [1.807, 2.05) is 6.07 Å². The van der Waals surface area contributed by atoms with Crippen LogP contribution in [0.3, 0.4) is 0 Å². The Labute approximate surface area is 89.4 Å². The maximum atomic E-state index is 13.0. The Balaban J connectivity index is 2.18. The van der Waals surface area contributed by atoms with Crippen LogP contribution in [-0.4, -0.2) is 19.7 Å². The number of halogens is 1. The first-order valence-corrected chi connectivity index (χ1v) is 5.42. The fourth-order valence-corrected chi connectivity index (χ4v) is 1.95. The van der Waals surface area contributed by atoms with Crippen LogP contribution in [0.1, 0.15) is 24.2 Å². The monoisotopic (exact) mass is 209 g/mol. The van der Waals surface area contributed by atoms with Gasteiger partial charge in [-0.1, -0.05) is 13.0 Å². The SMILES string of the molecule is CCNCC1OCCc2cc(F)ccc21. The molecule has 0 aromatic heterocycles. The summed E-state index contributed by atoms with van der Waals surface area (Å²) in [5.41, 5.74) is 2.22. The molecule has 82 valence electrons. The van der Waals surface area contributed by atoms with Crippen LogP contribution in [0.25, 0.3) is 0 Å². The number of hydrogen-bond donors (Lipinski definition) is 1. The van der Waals surface area contributed by atoms with Gasteiger partial charge in [0.15, 0.2) is 0 Å². The molecule has 1 aromatic rings. The third-order valence-electron chi connectivity index (χ3n) is 2.72. The van der Waals surface area contributed by atoms with Crippen LogP contribution >= 0.6 is 0 Å². The number of fused-ring (bicyclic) bond motifs is 1. The van der Waals surface area contributed by atoms with E-state index in [4.69, 9.17) is 4.74 Å². The first-order chi connectivity index (χ1) is 7.31. The minimum Gasteiger partial charge on any atom is -0.372 e. The Morgan fingerprint density at radius 2 is 2.40 bits per heavy atom. The van der Waals surface area contributed by atoms with E-state index >= 15 is 0 Å². The summed E-state index contributed by atoms with van der Waals surface area (Å²) in [7, 11) is 0. The van der Waals surface area contributed by atoms with Crippen molar-refractivity contribution in [3.05, 3.63) is 35.1 Å². The number of ether oxygens (including phenoxy) is 1. The number of likely N-dealkylation sites (N-methyl/N-ethyl adjacent to an activating group) is 1. The largest absolute Gasteiger partial charge is 0.372 e. The average molecular weight is 209 g/mol. The predicted octanol–water partition coefficient (Wildman–Crippen LogP) is 2.05. The van der Waals surface area contributed by atoms with Gasteiger partial charge in [-0.25, -0.2) is 4.39 Å². The van der Waals surface area contributed by atoms with Crippen LogP contribution in [-0.2, 0) is 11.2 Å². The summed E-state index contributed by atoms with van der Waals surface area (Å²) in [5.74, 6) is -0.155. The Kier molecular flexibility index (Phi) is 3.34. The lowest BCUT2D eigenvalue weighted by Gasteiger charge is -2.26. The van der Waals surface area contributed by atoms with Crippen molar-refractivity contribution < 1.29 is 9.13 Å². The normalized spacial score (nSPS) is 20.0. The number of rotatable bonds is 3. The molecule has 1 atom stereocenters. The van der Waals surface area contributed by atoms with Gasteiger partial charge in [0.2, 0.25) is 0 Å². The molecule has 15 heavy (non-hydrogen) atoms. The lowest BCUT2D eigenvalue weighted by atomic mass is 9.97. The highest BCUT2D eigenvalue weighted by molar-refractivity contribution is 5.31. The van der Waals surface area contributed by atoms with Gasteiger partial charge in [-0.15, -0.1) is 0 Å². The molecular formula is C12H16FNO. The van der Waals surface area contributed by atoms with Crippen LogP contribution in [0.4, 0.5) is 4.39 Å². The van der Waals surface area contributed by atoms with Gasteiger partial charge in [-0.3, -0.25) is 0 Å². The molecule has 1 aromatic carbocycles. The van der Waals surface area contributed by atoms with Gasteiger partial charge < -0.3 is 10.1 Å². The maximum absolute atomic E-state index is 13.0. The molecular weight excluding hydrogens is 193 g/mol. The molecule has 1 heterocycles. The van der Waals surface area contributed by atoms with Crippen molar-refractivity contribution in [3.8, 4) is 0 Å². The molecule has 1 N–H and O–H groups in total. The molecule has 0 radical (unpaired) electrons. The van der Waals surface area contributed by atoms with Crippen molar-refractivity contribution in [1.82, 2.24) is 5.32 Å². The van der Waals surface area contributed by atoms with E-state index in [1.165, 1.54) is 6.07 Å². The fourth-order valence-electron chi connectivity index (χ4n) is 1.95. The number of hydrogen-bond acceptors (Lipinski definition) is 2. The third-order valence-corrected chi connectivity index (χ3v) is 2.72. The van der Waals surface area contributed by atoms with Gasteiger partial charge in [0.1, 0.15) is 5.82 Å². The van der Waals surface area contributed by atoms with Gasteiger partial charge in [-0.2, -0.15) is 0 Å². The van der Waals surface area contributed by atoms with Crippen molar-refractivity contribution in [2.45, 2.75) is 19.4 Å². The second kappa shape index (κ2) is 4.73. The third kappa shape index (κ3) is 2.36. The van der Waals surface area contributed by atoms with Gasteiger partial charge >= 0.3 is 0 Å². The van der Waals surface area contributed by atoms with E-state index in [2.05, 4.69) is 12.2 Å². The zero-order valence-electron chi connectivity index (χ0n) is 8.92. The lowest BCUT2D eigenvalue weighted by Crippen LogP contribution is -2.27. The molecule has 0 amide bonds. The lowest BCUT2D eigenvalue weighted by molar-refractivity contribution is 0.0428. The molecule has 3 heteroatoms. The maximum Gasteiger partial charge on any atom is 0.123 e. The van der Waals surface area contributed by atoms with Gasteiger partial charge in [0, 0.05) is 6.54 Å². The zero-order valence-corrected chi connectivity index (χ0v) is 8.92. The first kappa shape index (κ1) is 10.6. The molecule has 0 bridgehead atoms. The number of benzene rings is 1. The summed E-state index contributed by atoms with van der Waals surface area (Å²) in [4.78, 5) is 0. The fraction of sp³-hybridized carbons (Fsp3) is 0.500. The summed E-state index contributed by atoms with van der Waals surface area (Å²) < 4.78 is 18.7. The molecule has 0 saturated carbocycles. The van der Waals surface area contributed by atoms with Gasteiger partial charge in [-0.05, 0) is 36.2 Å². The Bertz CT molecular complexity index is 340. The summed E-state index contributed by atoms with van der Waals surface area (Å²) in [6, 6.07) is 4.97. The first-order valence-electron chi connectivity index (χ1n) is 5.42. The topological polar surface area (TPSA) is 21.3 Å². The van der Waals surface area contributed by atoms with Gasteiger partial charge in [0.25, 0.3) is 0 Å². The summed E-state index contributed by atoms with van der Waals surface area (Å²) in [6.45, 7) is 4.48. The minimum absolute atomic E-state index is 0.0781. The molecule has 1 aliphatic heterocycles. The van der Waals surface area contributed by atoms with Crippen LogP contribution in [0, 0.1) is 5.82 Å². The predicted molar refractivity (Wildman–Crippen MR) is 57.3 cm³/mol. The van der Waals surface area contributed by atoms with Crippen molar-refractivity contribution in [3.63, 3.8) is 0 Å². The molecule has 0 aliphatic carbocycles. The van der Waals surface area contributed by atoms with Crippen molar-refractivity contribution in [1.29, 1.82) is 0 Å². The number of nitrogens with one attached hydrogen (secondary N) is 1. The van der Waals surface area contributed by atoms with E-state index in [0.717, 1.165) is 30.6 Å². The molecule has 2 rings (SSSR count). The Morgan fingerprint density at radius 3 is 3.20 bits per heavy atom. The standard InChI is InChI=1S/C12H16FNO/c1-2-14-8-12-11-4-3-10(13)7-9(11)5-6-15-12/h3-4,7,12,14H,2,5-6,8H2,1H3. The molecule has 1 unspecified atom stereocenters. The molecule has 0 fully saturated rings. The molecule has 2 nitrogen and oxygen atoms in total. The second-order valence-electron chi connectivity index (χ2n) is 3.76.